The number of carbonyl (C=O) groups excluding carboxylic acids is 2. The first-order chi connectivity index (χ1) is 8.56. The second-order valence-electron chi connectivity index (χ2n) is 5.06. The number of piperidine rings is 1. The maximum absolute atomic E-state index is 12.2. The fourth-order valence-electron chi connectivity index (χ4n) is 2.29. The molecule has 1 aliphatic rings. The van der Waals surface area contributed by atoms with Gasteiger partial charge in [0.1, 0.15) is 5.78 Å². The lowest BCUT2D eigenvalue weighted by Crippen LogP contribution is -2.37. The van der Waals surface area contributed by atoms with E-state index >= 15 is 0 Å². The van der Waals surface area contributed by atoms with Crippen molar-refractivity contribution in [2.75, 3.05) is 19.6 Å². The highest BCUT2D eigenvalue weighted by atomic mass is 16.1. The topological polar surface area (TPSA) is 37.4 Å². The van der Waals surface area contributed by atoms with E-state index in [2.05, 4.69) is 4.90 Å². The second-order valence-corrected chi connectivity index (χ2v) is 5.06. The molecule has 0 aliphatic carbocycles. The molecule has 0 aromatic heterocycles. The number of ketones is 2. The maximum Gasteiger partial charge on any atom is 0.177 e. The van der Waals surface area contributed by atoms with Gasteiger partial charge in [0, 0.05) is 31.5 Å². The van der Waals surface area contributed by atoms with Gasteiger partial charge in [-0.15, -0.1) is 0 Å². The van der Waals surface area contributed by atoms with E-state index in [0.717, 1.165) is 29.8 Å². The number of carbonyl (C=O) groups is 2. The Labute approximate surface area is 108 Å². The van der Waals surface area contributed by atoms with Gasteiger partial charge in [-0.1, -0.05) is 17.7 Å². The number of nitrogens with zero attached hydrogens (tertiary/aromatic N) is 1. The third kappa shape index (κ3) is 3.05. The van der Waals surface area contributed by atoms with Crippen molar-refractivity contribution in [3.8, 4) is 0 Å². The number of benzene rings is 1. The van der Waals surface area contributed by atoms with Gasteiger partial charge in [0.05, 0.1) is 6.54 Å². The highest BCUT2D eigenvalue weighted by molar-refractivity contribution is 5.99. The standard InChI is InChI=1S/C15H19NO2/c1-11-3-4-12(2)14(9-11)15(18)10-16-7-5-13(17)6-8-16/h3-4,9H,5-8,10H2,1-2H3. The number of hydrogen-bond acceptors (Lipinski definition) is 3. The Bertz CT molecular complexity index is 469. The lowest BCUT2D eigenvalue weighted by Gasteiger charge is -2.25. The fourth-order valence-corrected chi connectivity index (χ4v) is 2.29. The number of rotatable bonds is 3. The molecule has 1 saturated heterocycles. The van der Waals surface area contributed by atoms with Crippen LogP contribution in [0, 0.1) is 13.8 Å². The van der Waals surface area contributed by atoms with E-state index in [1.807, 2.05) is 32.0 Å². The smallest absolute Gasteiger partial charge is 0.177 e. The van der Waals surface area contributed by atoms with Crippen molar-refractivity contribution in [2.24, 2.45) is 0 Å². The summed E-state index contributed by atoms with van der Waals surface area (Å²) in [6.45, 7) is 5.82. The van der Waals surface area contributed by atoms with Crippen molar-refractivity contribution in [3.63, 3.8) is 0 Å². The number of Topliss-reactive ketones (excluding diaryl/α,β-unsaturated/α-hetero) is 2. The first-order valence-corrected chi connectivity index (χ1v) is 6.41. The van der Waals surface area contributed by atoms with Crippen molar-refractivity contribution >= 4 is 11.6 Å². The third-order valence-electron chi connectivity index (χ3n) is 3.47. The summed E-state index contributed by atoms with van der Waals surface area (Å²) in [6, 6.07) is 5.96. The summed E-state index contributed by atoms with van der Waals surface area (Å²) in [4.78, 5) is 25.5. The molecular weight excluding hydrogens is 226 g/mol. The van der Waals surface area contributed by atoms with Gasteiger partial charge in [-0.05, 0) is 25.5 Å². The molecule has 2 rings (SSSR count). The Morgan fingerprint density at radius 2 is 1.89 bits per heavy atom. The summed E-state index contributed by atoms with van der Waals surface area (Å²) in [5, 5.41) is 0. The average molecular weight is 245 g/mol. The van der Waals surface area contributed by atoms with Crippen LogP contribution in [0.5, 0.6) is 0 Å². The molecule has 0 N–H and O–H groups in total. The summed E-state index contributed by atoms with van der Waals surface area (Å²) in [5.74, 6) is 0.469. The van der Waals surface area contributed by atoms with Crippen LogP contribution in [0.4, 0.5) is 0 Å². The molecule has 0 amide bonds. The lowest BCUT2D eigenvalue weighted by molar-refractivity contribution is -0.121. The molecule has 1 heterocycles. The fraction of sp³-hybridized carbons (Fsp3) is 0.467. The third-order valence-corrected chi connectivity index (χ3v) is 3.47. The Morgan fingerprint density at radius 1 is 1.22 bits per heavy atom. The zero-order valence-electron chi connectivity index (χ0n) is 11.0. The predicted molar refractivity (Wildman–Crippen MR) is 70.9 cm³/mol. The van der Waals surface area contributed by atoms with Gasteiger partial charge in [-0.3, -0.25) is 14.5 Å². The Morgan fingerprint density at radius 3 is 2.56 bits per heavy atom. The summed E-state index contributed by atoms with van der Waals surface area (Å²) in [6.07, 6.45) is 1.17. The van der Waals surface area contributed by atoms with E-state index in [-0.39, 0.29) is 5.78 Å². The van der Waals surface area contributed by atoms with Crippen molar-refractivity contribution in [2.45, 2.75) is 26.7 Å². The molecule has 0 unspecified atom stereocenters. The minimum atomic E-state index is 0.158. The second kappa shape index (κ2) is 5.44. The zero-order valence-corrected chi connectivity index (χ0v) is 11.0. The van der Waals surface area contributed by atoms with E-state index in [0.29, 0.717) is 25.2 Å². The van der Waals surface area contributed by atoms with Gasteiger partial charge in [0.15, 0.2) is 5.78 Å². The molecule has 0 atom stereocenters. The number of likely N-dealkylation sites (tertiary alicyclic amines) is 1. The molecule has 0 spiro atoms. The monoisotopic (exact) mass is 245 g/mol. The molecule has 0 bridgehead atoms. The molecule has 1 aromatic carbocycles. The summed E-state index contributed by atoms with van der Waals surface area (Å²) in [7, 11) is 0. The van der Waals surface area contributed by atoms with E-state index < -0.39 is 0 Å². The van der Waals surface area contributed by atoms with Crippen molar-refractivity contribution in [1.29, 1.82) is 0 Å². The van der Waals surface area contributed by atoms with Crippen LogP contribution in [0.3, 0.4) is 0 Å². The Balaban J connectivity index is 2.03. The molecule has 96 valence electrons. The molecule has 0 radical (unpaired) electrons. The highest BCUT2D eigenvalue weighted by Gasteiger charge is 2.19. The first kappa shape index (κ1) is 13.0. The van der Waals surface area contributed by atoms with Crippen molar-refractivity contribution in [3.05, 3.63) is 34.9 Å². The Hall–Kier alpha value is -1.48. The number of aryl methyl sites for hydroxylation is 2. The molecular formula is C15H19NO2. The largest absolute Gasteiger partial charge is 0.300 e. The van der Waals surface area contributed by atoms with Gasteiger partial charge < -0.3 is 0 Å². The quantitative estimate of drug-likeness (QED) is 0.766. The van der Waals surface area contributed by atoms with E-state index in [1.165, 1.54) is 0 Å². The van der Waals surface area contributed by atoms with Gasteiger partial charge in [0.25, 0.3) is 0 Å². The molecule has 1 fully saturated rings. The van der Waals surface area contributed by atoms with Crippen LogP contribution in [0.15, 0.2) is 18.2 Å². The van der Waals surface area contributed by atoms with Crippen LogP contribution in [-0.2, 0) is 4.79 Å². The van der Waals surface area contributed by atoms with Gasteiger partial charge >= 0.3 is 0 Å². The SMILES string of the molecule is Cc1ccc(C)c(C(=O)CN2CCC(=O)CC2)c1. The lowest BCUT2D eigenvalue weighted by atomic mass is 10.0. The highest BCUT2D eigenvalue weighted by Crippen LogP contribution is 2.13. The number of hydrogen-bond donors (Lipinski definition) is 0. The summed E-state index contributed by atoms with van der Waals surface area (Å²) >= 11 is 0. The molecule has 3 heteroatoms. The molecule has 18 heavy (non-hydrogen) atoms. The van der Waals surface area contributed by atoms with Crippen LogP contribution in [0.25, 0.3) is 0 Å². The Kier molecular flexibility index (Phi) is 3.92. The summed E-state index contributed by atoms with van der Waals surface area (Å²) < 4.78 is 0. The van der Waals surface area contributed by atoms with E-state index in [9.17, 15) is 9.59 Å². The van der Waals surface area contributed by atoms with Crippen LogP contribution >= 0.6 is 0 Å². The molecule has 1 aliphatic heterocycles. The first-order valence-electron chi connectivity index (χ1n) is 6.41. The van der Waals surface area contributed by atoms with Crippen LogP contribution < -0.4 is 0 Å². The zero-order chi connectivity index (χ0) is 13.1. The van der Waals surface area contributed by atoms with Crippen LogP contribution in [0.2, 0.25) is 0 Å². The van der Waals surface area contributed by atoms with Gasteiger partial charge in [-0.2, -0.15) is 0 Å². The minimum Gasteiger partial charge on any atom is -0.300 e. The van der Waals surface area contributed by atoms with Crippen LogP contribution in [0.1, 0.15) is 34.3 Å². The molecule has 3 nitrogen and oxygen atoms in total. The summed E-state index contributed by atoms with van der Waals surface area (Å²) in [5.41, 5.74) is 2.95. The maximum atomic E-state index is 12.2. The molecule has 1 aromatic rings. The van der Waals surface area contributed by atoms with Gasteiger partial charge in [0.2, 0.25) is 0 Å². The van der Waals surface area contributed by atoms with Crippen molar-refractivity contribution in [1.82, 2.24) is 4.90 Å². The van der Waals surface area contributed by atoms with Gasteiger partial charge in [-0.25, -0.2) is 0 Å². The van der Waals surface area contributed by atoms with Crippen molar-refractivity contribution < 1.29 is 9.59 Å². The van der Waals surface area contributed by atoms with E-state index in [4.69, 9.17) is 0 Å². The normalized spacial score (nSPS) is 16.9. The average Bonchev–Trinajstić information content (AvgIpc) is 2.35. The minimum absolute atomic E-state index is 0.158. The molecule has 0 saturated carbocycles. The predicted octanol–water partition coefficient (Wildman–Crippen LogP) is 2.15. The van der Waals surface area contributed by atoms with E-state index in [1.54, 1.807) is 0 Å². The van der Waals surface area contributed by atoms with Crippen LogP contribution in [-0.4, -0.2) is 36.1 Å².